The fourth-order valence-corrected chi connectivity index (χ4v) is 3.86. The number of likely N-dealkylation sites (N-methyl/N-ethyl adjacent to an activating group) is 1. The molecule has 0 fully saturated rings. The van der Waals surface area contributed by atoms with Crippen LogP contribution in [0.2, 0.25) is 0 Å². The molecule has 0 aliphatic carbocycles. The Kier molecular flexibility index (Phi) is 7.27. The highest BCUT2D eigenvalue weighted by atomic mass is 35.7. The number of anilines is 1. The lowest BCUT2D eigenvalue weighted by atomic mass is 10.0. The van der Waals surface area contributed by atoms with Crippen molar-refractivity contribution in [2.75, 3.05) is 11.9 Å². The summed E-state index contributed by atoms with van der Waals surface area (Å²) in [6.45, 7) is 0. The van der Waals surface area contributed by atoms with Gasteiger partial charge in [0.25, 0.3) is 15.0 Å². The largest absolute Gasteiger partial charge is 0.340 e. The predicted molar refractivity (Wildman–Crippen MR) is 121 cm³/mol. The summed E-state index contributed by atoms with van der Waals surface area (Å²) >= 11 is 0. The molecule has 0 aliphatic rings. The maximum absolute atomic E-state index is 13.3. The molecule has 9 heteroatoms. The first-order chi connectivity index (χ1) is 15.1. The van der Waals surface area contributed by atoms with E-state index in [4.69, 9.17) is 10.7 Å². The van der Waals surface area contributed by atoms with Gasteiger partial charge < -0.3 is 10.2 Å². The Balaban J connectivity index is 1.85. The number of carbonyl (C=O) groups is 2. The van der Waals surface area contributed by atoms with Crippen molar-refractivity contribution in [3.05, 3.63) is 95.8 Å². The van der Waals surface area contributed by atoms with E-state index in [-0.39, 0.29) is 16.9 Å². The van der Waals surface area contributed by atoms with E-state index in [2.05, 4.69) is 5.32 Å². The van der Waals surface area contributed by atoms with Crippen molar-refractivity contribution < 1.29 is 22.4 Å². The van der Waals surface area contributed by atoms with Crippen LogP contribution in [-0.4, -0.2) is 33.3 Å². The summed E-state index contributed by atoms with van der Waals surface area (Å²) in [7, 11) is 2.98. The summed E-state index contributed by atoms with van der Waals surface area (Å²) in [5.74, 6) is -1.40. The molecule has 0 saturated heterocycles. The molecule has 1 N–H and O–H groups in total. The molecule has 0 radical (unpaired) electrons. The summed E-state index contributed by atoms with van der Waals surface area (Å²) < 4.78 is 36.1. The van der Waals surface area contributed by atoms with Gasteiger partial charge in [0.05, 0.1) is 4.90 Å². The number of benzene rings is 3. The highest BCUT2D eigenvalue weighted by Gasteiger charge is 2.26. The quantitative estimate of drug-likeness (QED) is 0.528. The van der Waals surface area contributed by atoms with Crippen molar-refractivity contribution >= 4 is 37.2 Å². The Morgan fingerprint density at radius 3 is 2.12 bits per heavy atom. The highest BCUT2D eigenvalue weighted by molar-refractivity contribution is 8.13. The Morgan fingerprint density at radius 2 is 1.56 bits per heavy atom. The molecule has 0 bridgehead atoms. The lowest BCUT2D eigenvalue weighted by molar-refractivity contribution is -0.120. The number of nitrogens with zero attached hydrogens (tertiary/aromatic N) is 1. The normalized spacial score (nSPS) is 12.1. The second-order valence-corrected chi connectivity index (χ2v) is 9.62. The van der Waals surface area contributed by atoms with Crippen LogP contribution in [0, 0.1) is 5.82 Å². The molecule has 166 valence electrons. The molecule has 0 heterocycles. The van der Waals surface area contributed by atoms with Crippen LogP contribution in [0.15, 0.2) is 83.8 Å². The molecule has 0 spiro atoms. The number of hydrogen-bond donors (Lipinski definition) is 1. The van der Waals surface area contributed by atoms with Crippen LogP contribution in [0.1, 0.15) is 15.9 Å². The number of hydrogen-bond acceptors (Lipinski definition) is 4. The fraction of sp³-hybridized carbons (Fsp3) is 0.130. The molecule has 3 rings (SSSR count). The van der Waals surface area contributed by atoms with Gasteiger partial charge in [-0.05, 0) is 54.1 Å². The minimum atomic E-state index is -3.89. The van der Waals surface area contributed by atoms with Crippen molar-refractivity contribution in [1.29, 1.82) is 0 Å². The Labute approximate surface area is 190 Å². The van der Waals surface area contributed by atoms with Gasteiger partial charge in [0, 0.05) is 35.4 Å². The molecule has 0 aromatic heterocycles. The van der Waals surface area contributed by atoms with E-state index >= 15 is 0 Å². The van der Waals surface area contributed by atoms with Crippen LogP contribution < -0.4 is 10.2 Å². The highest BCUT2D eigenvalue weighted by Crippen LogP contribution is 2.21. The molecular weight excluding hydrogens is 455 g/mol. The first kappa shape index (κ1) is 23.4. The first-order valence-corrected chi connectivity index (χ1v) is 11.9. The van der Waals surface area contributed by atoms with Gasteiger partial charge in [0.1, 0.15) is 11.9 Å². The van der Waals surface area contributed by atoms with Crippen molar-refractivity contribution in [2.24, 2.45) is 0 Å². The first-order valence-electron chi connectivity index (χ1n) is 9.58. The predicted octanol–water partition coefficient (Wildman–Crippen LogP) is 3.76. The van der Waals surface area contributed by atoms with Crippen LogP contribution >= 0.6 is 10.7 Å². The average Bonchev–Trinajstić information content (AvgIpc) is 2.78. The van der Waals surface area contributed by atoms with E-state index in [1.54, 1.807) is 0 Å². The second-order valence-electron chi connectivity index (χ2n) is 7.05. The van der Waals surface area contributed by atoms with Gasteiger partial charge in [-0.1, -0.05) is 30.3 Å². The van der Waals surface area contributed by atoms with Gasteiger partial charge in [0.2, 0.25) is 5.91 Å². The lowest BCUT2D eigenvalue weighted by Crippen LogP contribution is -2.48. The smallest absolute Gasteiger partial charge is 0.261 e. The summed E-state index contributed by atoms with van der Waals surface area (Å²) in [5.41, 5.74) is 1.48. The zero-order valence-electron chi connectivity index (χ0n) is 17.0. The van der Waals surface area contributed by atoms with E-state index in [0.29, 0.717) is 5.69 Å². The van der Waals surface area contributed by atoms with Crippen molar-refractivity contribution in [3.8, 4) is 0 Å². The molecule has 2 amide bonds. The lowest BCUT2D eigenvalue weighted by Gasteiger charge is -2.25. The molecular formula is C23H20ClFN2O4S. The van der Waals surface area contributed by atoms with Gasteiger partial charge in [-0.3, -0.25) is 9.59 Å². The van der Waals surface area contributed by atoms with E-state index in [1.165, 1.54) is 60.5 Å². The molecule has 3 aromatic carbocycles. The molecule has 0 unspecified atom stereocenters. The summed E-state index contributed by atoms with van der Waals surface area (Å²) in [6.07, 6.45) is 0.227. The van der Waals surface area contributed by atoms with E-state index in [9.17, 15) is 22.4 Å². The number of amides is 2. The third-order valence-corrected chi connectivity index (χ3v) is 6.20. The topological polar surface area (TPSA) is 83.6 Å². The number of nitrogens with one attached hydrogen (secondary N) is 1. The molecule has 32 heavy (non-hydrogen) atoms. The maximum atomic E-state index is 13.3. The second kappa shape index (κ2) is 9.93. The minimum absolute atomic E-state index is 0.0887. The van der Waals surface area contributed by atoms with Crippen molar-refractivity contribution in [3.63, 3.8) is 0 Å². The monoisotopic (exact) mass is 474 g/mol. The standard InChI is InChI=1S/C23H20ClFN2O4S/c1-27(19-11-13-20(14-12-19)32(24,30)31)23(29)21(15-16-5-3-2-4-6-16)26-22(28)17-7-9-18(25)10-8-17/h2-14,21H,15H2,1H3,(H,26,28)/t21-/m0/s1. The van der Waals surface area contributed by atoms with Gasteiger partial charge in [-0.25, -0.2) is 12.8 Å². The third-order valence-electron chi connectivity index (χ3n) is 4.83. The van der Waals surface area contributed by atoms with Crippen LogP contribution in [0.4, 0.5) is 10.1 Å². The molecule has 3 aromatic rings. The number of rotatable bonds is 7. The van der Waals surface area contributed by atoms with Crippen LogP contribution in [0.5, 0.6) is 0 Å². The summed E-state index contributed by atoms with van der Waals surface area (Å²) in [5, 5.41) is 2.72. The number of halogens is 2. The van der Waals surface area contributed by atoms with E-state index < -0.39 is 32.7 Å². The zero-order chi connectivity index (χ0) is 23.3. The Morgan fingerprint density at radius 1 is 0.969 bits per heavy atom. The van der Waals surface area contributed by atoms with E-state index in [0.717, 1.165) is 5.56 Å². The van der Waals surface area contributed by atoms with Crippen LogP contribution in [-0.2, 0) is 20.3 Å². The zero-order valence-corrected chi connectivity index (χ0v) is 18.6. The third kappa shape index (κ3) is 5.93. The molecule has 0 saturated carbocycles. The molecule has 0 aliphatic heterocycles. The van der Waals surface area contributed by atoms with Crippen LogP contribution in [0.3, 0.4) is 0 Å². The fourth-order valence-electron chi connectivity index (χ4n) is 3.09. The summed E-state index contributed by atoms with van der Waals surface area (Å²) in [6, 6.07) is 18.8. The van der Waals surface area contributed by atoms with Gasteiger partial charge >= 0.3 is 0 Å². The van der Waals surface area contributed by atoms with Gasteiger partial charge in [0.15, 0.2) is 0 Å². The average molecular weight is 475 g/mol. The maximum Gasteiger partial charge on any atom is 0.261 e. The SMILES string of the molecule is CN(C(=O)[C@H](Cc1ccccc1)NC(=O)c1ccc(F)cc1)c1ccc(S(=O)(=O)Cl)cc1. The van der Waals surface area contributed by atoms with Crippen LogP contribution in [0.25, 0.3) is 0 Å². The molecule has 6 nitrogen and oxygen atoms in total. The van der Waals surface area contributed by atoms with Crippen molar-refractivity contribution in [1.82, 2.24) is 5.32 Å². The Bertz CT molecular complexity index is 1200. The Hall–Kier alpha value is -3.23. The molecule has 1 atom stereocenters. The van der Waals surface area contributed by atoms with Gasteiger partial charge in [-0.15, -0.1) is 0 Å². The van der Waals surface area contributed by atoms with Gasteiger partial charge in [-0.2, -0.15) is 0 Å². The number of carbonyl (C=O) groups excluding carboxylic acids is 2. The van der Waals surface area contributed by atoms with Crippen molar-refractivity contribution in [2.45, 2.75) is 17.4 Å². The van der Waals surface area contributed by atoms with E-state index in [1.807, 2.05) is 30.3 Å². The summed E-state index contributed by atoms with van der Waals surface area (Å²) in [4.78, 5) is 27.2. The minimum Gasteiger partial charge on any atom is -0.340 e.